The minimum absolute atomic E-state index is 0.0681. The van der Waals surface area contributed by atoms with Crippen molar-refractivity contribution in [2.24, 2.45) is 0 Å². The van der Waals surface area contributed by atoms with Gasteiger partial charge >= 0.3 is 0 Å². The number of hydrogen-bond acceptors (Lipinski definition) is 4. The van der Waals surface area contributed by atoms with E-state index in [4.69, 9.17) is 4.74 Å². The highest BCUT2D eigenvalue weighted by Gasteiger charge is 2.18. The number of carbonyl (C=O) groups excluding carboxylic acids is 2. The van der Waals surface area contributed by atoms with Crippen LogP contribution in [0.3, 0.4) is 0 Å². The largest absolute Gasteiger partial charge is 0.376 e. The van der Waals surface area contributed by atoms with Gasteiger partial charge in [-0.3, -0.25) is 9.59 Å². The van der Waals surface area contributed by atoms with E-state index in [0.717, 1.165) is 19.4 Å². The van der Waals surface area contributed by atoms with E-state index < -0.39 is 0 Å². The first-order chi connectivity index (χ1) is 11.7. The molecule has 0 bridgehead atoms. The molecule has 1 aliphatic heterocycles. The molecule has 1 unspecified atom stereocenters. The minimum Gasteiger partial charge on any atom is -0.376 e. The lowest BCUT2D eigenvalue weighted by Gasteiger charge is -2.11. The lowest BCUT2D eigenvalue weighted by atomic mass is 10.2. The van der Waals surface area contributed by atoms with Gasteiger partial charge in [-0.05, 0) is 37.1 Å². The smallest absolute Gasteiger partial charge is 0.274 e. The van der Waals surface area contributed by atoms with Crippen molar-refractivity contribution >= 4 is 17.5 Å². The Hall–Kier alpha value is -2.73. The Labute approximate surface area is 140 Å². The predicted octanol–water partition coefficient (Wildman–Crippen LogP) is 2.24. The van der Waals surface area contributed by atoms with Crippen LogP contribution in [0.5, 0.6) is 0 Å². The number of pyridine rings is 1. The molecule has 1 fully saturated rings. The highest BCUT2D eigenvalue weighted by atomic mass is 16.5. The average molecular weight is 325 g/mol. The highest BCUT2D eigenvalue weighted by molar-refractivity contribution is 6.03. The number of nitrogens with one attached hydrogen (secondary N) is 2. The number of ether oxygens (including phenoxy) is 1. The van der Waals surface area contributed by atoms with Crippen LogP contribution in [0.1, 0.15) is 33.8 Å². The molecule has 0 spiro atoms. The Morgan fingerprint density at radius 3 is 2.50 bits per heavy atom. The van der Waals surface area contributed by atoms with Crippen molar-refractivity contribution in [3.05, 3.63) is 59.9 Å². The van der Waals surface area contributed by atoms with E-state index in [1.54, 1.807) is 30.3 Å². The number of rotatable bonds is 5. The first kappa shape index (κ1) is 16.1. The molecule has 1 aromatic heterocycles. The zero-order valence-electron chi connectivity index (χ0n) is 13.2. The first-order valence-electron chi connectivity index (χ1n) is 7.95. The molecule has 1 aromatic carbocycles. The van der Waals surface area contributed by atoms with Gasteiger partial charge in [0.2, 0.25) is 0 Å². The van der Waals surface area contributed by atoms with Gasteiger partial charge in [0.05, 0.1) is 6.10 Å². The van der Waals surface area contributed by atoms with Gasteiger partial charge in [-0.1, -0.05) is 24.3 Å². The van der Waals surface area contributed by atoms with Crippen molar-refractivity contribution in [1.82, 2.24) is 10.3 Å². The zero-order chi connectivity index (χ0) is 16.8. The Kier molecular flexibility index (Phi) is 5.18. The maximum atomic E-state index is 12.2. The molecule has 2 N–H and O–H groups in total. The van der Waals surface area contributed by atoms with Crippen LogP contribution in [0.2, 0.25) is 0 Å². The second kappa shape index (κ2) is 7.70. The Bertz CT molecular complexity index is 712. The summed E-state index contributed by atoms with van der Waals surface area (Å²) in [6.45, 7) is 1.20. The number of hydrogen-bond donors (Lipinski definition) is 2. The number of aromatic nitrogens is 1. The van der Waals surface area contributed by atoms with E-state index in [2.05, 4.69) is 15.6 Å². The molecular weight excluding hydrogens is 306 g/mol. The monoisotopic (exact) mass is 325 g/mol. The summed E-state index contributed by atoms with van der Waals surface area (Å²) in [6.07, 6.45) is 2.04. The summed E-state index contributed by atoms with van der Waals surface area (Å²) < 4.78 is 5.47. The van der Waals surface area contributed by atoms with Crippen LogP contribution >= 0.6 is 0 Å². The van der Waals surface area contributed by atoms with E-state index in [-0.39, 0.29) is 29.3 Å². The minimum atomic E-state index is -0.352. The Balaban J connectivity index is 1.62. The van der Waals surface area contributed by atoms with Crippen molar-refractivity contribution in [3.63, 3.8) is 0 Å². The SMILES string of the molecule is O=C(NCC1CCCO1)c1cccc(C(=O)Nc2ccccc2)n1. The summed E-state index contributed by atoms with van der Waals surface area (Å²) in [6, 6.07) is 13.9. The van der Waals surface area contributed by atoms with Crippen molar-refractivity contribution in [2.75, 3.05) is 18.5 Å². The van der Waals surface area contributed by atoms with Gasteiger partial charge < -0.3 is 15.4 Å². The molecule has 1 aliphatic rings. The van der Waals surface area contributed by atoms with Gasteiger partial charge in [0, 0.05) is 18.8 Å². The second-order valence-corrected chi connectivity index (χ2v) is 5.57. The fourth-order valence-electron chi connectivity index (χ4n) is 2.51. The number of benzene rings is 1. The van der Waals surface area contributed by atoms with Gasteiger partial charge in [-0.25, -0.2) is 4.98 Å². The Morgan fingerprint density at radius 1 is 1.04 bits per heavy atom. The van der Waals surface area contributed by atoms with Gasteiger partial charge in [0.1, 0.15) is 11.4 Å². The summed E-state index contributed by atoms with van der Waals surface area (Å²) >= 11 is 0. The van der Waals surface area contributed by atoms with E-state index >= 15 is 0 Å². The fraction of sp³-hybridized carbons (Fsp3) is 0.278. The molecule has 2 aromatic rings. The highest BCUT2D eigenvalue weighted by Crippen LogP contribution is 2.11. The van der Waals surface area contributed by atoms with Crippen LogP contribution in [-0.2, 0) is 4.74 Å². The van der Waals surface area contributed by atoms with Crippen LogP contribution in [-0.4, -0.2) is 36.1 Å². The molecule has 1 saturated heterocycles. The standard InChI is InChI=1S/C18H19N3O3/c22-17(19-12-14-8-5-11-24-14)15-9-4-10-16(21-15)18(23)20-13-6-2-1-3-7-13/h1-4,6-7,9-10,14H,5,8,11-12H2,(H,19,22)(H,20,23). The number of nitrogens with zero attached hydrogens (tertiary/aromatic N) is 1. The van der Waals surface area contributed by atoms with Crippen molar-refractivity contribution in [1.29, 1.82) is 0 Å². The summed E-state index contributed by atoms with van der Waals surface area (Å²) in [5, 5.41) is 5.55. The van der Waals surface area contributed by atoms with Gasteiger partial charge in [0.15, 0.2) is 0 Å². The van der Waals surface area contributed by atoms with E-state index in [9.17, 15) is 9.59 Å². The molecule has 2 heterocycles. The van der Waals surface area contributed by atoms with Gasteiger partial charge in [0.25, 0.3) is 11.8 Å². The third kappa shape index (κ3) is 4.17. The summed E-state index contributed by atoms with van der Waals surface area (Å²) in [4.78, 5) is 28.6. The zero-order valence-corrected chi connectivity index (χ0v) is 13.2. The second-order valence-electron chi connectivity index (χ2n) is 5.57. The van der Waals surface area contributed by atoms with Crippen molar-refractivity contribution < 1.29 is 14.3 Å². The molecule has 1 atom stereocenters. The van der Waals surface area contributed by atoms with Crippen LogP contribution in [0, 0.1) is 0 Å². The van der Waals surface area contributed by atoms with Crippen LogP contribution < -0.4 is 10.6 Å². The van der Waals surface area contributed by atoms with Crippen molar-refractivity contribution in [3.8, 4) is 0 Å². The van der Waals surface area contributed by atoms with Gasteiger partial charge in [-0.2, -0.15) is 0 Å². The topological polar surface area (TPSA) is 80.3 Å². The average Bonchev–Trinajstić information content (AvgIpc) is 3.14. The van der Waals surface area contributed by atoms with E-state index in [1.807, 2.05) is 18.2 Å². The predicted molar refractivity (Wildman–Crippen MR) is 89.9 cm³/mol. The molecule has 124 valence electrons. The maximum Gasteiger partial charge on any atom is 0.274 e. The molecule has 0 radical (unpaired) electrons. The molecule has 0 aliphatic carbocycles. The normalized spacial score (nSPS) is 16.6. The third-order valence-corrected chi connectivity index (χ3v) is 3.76. The number of anilines is 1. The molecule has 0 saturated carbocycles. The summed E-state index contributed by atoms with van der Waals surface area (Å²) in [7, 11) is 0. The molecular formula is C18H19N3O3. The van der Waals surface area contributed by atoms with Gasteiger partial charge in [-0.15, -0.1) is 0 Å². The van der Waals surface area contributed by atoms with Crippen LogP contribution in [0.25, 0.3) is 0 Å². The number of amides is 2. The number of carbonyl (C=O) groups is 2. The third-order valence-electron chi connectivity index (χ3n) is 3.76. The first-order valence-corrected chi connectivity index (χ1v) is 7.95. The summed E-state index contributed by atoms with van der Waals surface area (Å²) in [5.74, 6) is -0.658. The van der Waals surface area contributed by atoms with Crippen LogP contribution in [0.4, 0.5) is 5.69 Å². The molecule has 2 amide bonds. The fourth-order valence-corrected chi connectivity index (χ4v) is 2.51. The van der Waals surface area contributed by atoms with Crippen molar-refractivity contribution in [2.45, 2.75) is 18.9 Å². The summed E-state index contributed by atoms with van der Waals surface area (Å²) in [5.41, 5.74) is 1.09. The molecule has 24 heavy (non-hydrogen) atoms. The maximum absolute atomic E-state index is 12.2. The lowest BCUT2D eigenvalue weighted by molar-refractivity contribution is 0.0853. The van der Waals surface area contributed by atoms with Crippen LogP contribution in [0.15, 0.2) is 48.5 Å². The molecule has 6 heteroatoms. The Morgan fingerprint density at radius 2 is 1.79 bits per heavy atom. The van der Waals surface area contributed by atoms with E-state index in [1.165, 1.54) is 0 Å². The molecule has 3 rings (SSSR count). The van der Waals surface area contributed by atoms with E-state index in [0.29, 0.717) is 12.2 Å². The number of para-hydroxylation sites is 1. The lowest BCUT2D eigenvalue weighted by Crippen LogP contribution is -2.32. The molecule has 6 nitrogen and oxygen atoms in total. The quantitative estimate of drug-likeness (QED) is 0.883.